The normalized spacial score (nSPS) is 27.9. The topological polar surface area (TPSA) is 67.2 Å². The van der Waals surface area contributed by atoms with E-state index in [0.29, 0.717) is 30.8 Å². The van der Waals surface area contributed by atoms with Gasteiger partial charge >= 0.3 is 0 Å². The smallest absolute Gasteiger partial charge is 0.241 e. The summed E-state index contributed by atoms with van der Waals surface area (Å²) in [5.74, 6) is 1.03. The second-order valence-corrected chi connectivity index (χ2v) is 9.68. The molecule has 1 N–H and O–H groups in total. The van der Waals surface area contributed by atoms with Crippen LogP contribution in [0.25, 0.3) is 0 Å². The Bertz CT molecular complexity index is 752. The molecule has 6 nitrogen and oxygen atoms in total. The molecule has 2 aliphatic carbocycles. The Kier molecular flexibility index (Phi) is 5.98. The molecule has 0 unspecified atom stereocenters. The molecule has 3 aliphatic rings. The third-order valence-corrected chi connectivity index (χ3v) is 7.61. The molecule has 1 aromatic rings. The van der Waals surface area contributed by atoms with Crippen molar-refractivity contribution in [1.82, 2.24) is 20.0 Å². The van der Waals surface area contributed by atoms with Crippen LogP contribution in [0.15, 0.2) is 6.07 Å². The van der Waals surface area contributed by atoms with Crippen molar-refractivity contribution in [2.45, 2.75) is 90.6 Å². The van der Waals surface area contributed by atoms with E-state index < -0.39 is 0 Å². The standard InChI is InChI=1S/C23H36N4O2/c1-17-13-18(2)27(25-17)15-21(28)24-16-23-11-6-9-20(23)26(22(29)10-12-23)14-19-7-4-3-5-8-19/h13,19-20H,3-12,14-16H2,1-2H3,(H,24,28)/t20-,23+/m1/s1. The van der Waals surface area contributed by atoms with Crippen molar-refractivity contribution in [1.29, 1.82) is 0 Å². The molecule has 0 bridgehead atoms. The number of likely N-dealkylation sites (tertiary alicyclic amines) is 1. The van der Waals surface area contributed by atoms with Gasteiger partial charge in [-0.15, -0.1) is 0 Å². The second kappa shape index (κ2) is 8.49. The molecule has 3 fully saturated rings. The van der Waals surface area contributed by atoms with Crippen LogP contribution in [0.3, 0.4) is 0 Å². The van der Waals surface area contributed by atoms with Crippen LogP contribution >= 0.6 is 0 Å². The Labute approximate surface area is 174 Å². The largest absolute Gasteiger partial charge is 0.354 e. The van der Waals surface area contributed by atoms with Gasteiger partial charge in [0.25, 0.3) is 0 Å². The number of piperidine rings is 1. The first-order valence-electron chi connectivity index (χ1n) is 11.5. The molecule has 2 amide bonds. The van der Waals surface area contributed by atoms with E-state index in [2.05, 4.69) is 15.3 Å². The van der Waals surface area contributed by atoms with Crippen LogP contribution in [0.5, 0.6) is 0 Å². The number of carbonyl (C=O) groups excluding carboxylic acids is 2. The van der Waals surface area contributed by atoms with E-state index in [-0.39, 0.29) is 17.9 Å². The lowest BCUT2D eigenvalue weighted by Gasteiger charge is -2.47. The van der Waals surface area contributed by atoms with Gasteiger partial charge in [0.2, 0.25) is 11.8 Å². The molecule has 2 saturated carbocycles. The average molecular weight is 401 g/mol. The fourth-order valence-corrected chi connectivity index (χ4v) is 6.04. The van der Waals surface area contributed by atoms with Crippen molar-refractivity contribution in [3.05, 3.63) is 17.5 Å². The predicted molar refractivity (Wildman–Crippen MR) is 112 cm³/mol. The maximum atomic E-state index is 12.8. The first kappa shape index (κ1) is 20.4. The fourth-order valence-electron chi connectivity index (χ4n) is 6.04. The van der Waals surface area contributed by atoms with Gasteiger partial charge in [-0.3, -0.25) is 14.3 Å². The molecule has 29 heavy (non-hydrogen) atoms. The number of aromatic nitrogens is 2. The lowest BCUT2D eigenvalue weighted by molar-refractivity contribution is -0.143. The van der Waals surface area contributed by atoms with Gasteiger partial charge in [-0.2, -0.15) is 5.10 Å². The molecule has 4 rings (SSSR count). The van der Waals surface area contributed by atoms with Crippen LogP contribution < -0.4 is 5.32 Å². The van der Waals surface area contributed by atoms with E-state index in [9.17, 15) is 9.59 Å². The van der Waals surface area contributed by atoms with Crippen molar-refractivity contribution in [3.63, 3.8) is 0 Å². The number of aryl methyl sites for hydroxylation is 2. The Morgan fingerprint density at radius 1 is 1.17 bits per heavy atom. The van der Waals surface area contributed by atoms with Crippen molar-refractivity contribution in [2.75, 3.05) is 13.1 Å². The first-order valence-corrected chi connectivity index (χ1v) is 11.5. The van der Waals surface area contributed by atoms with E-state index in [1.54, 1.807) is 4.68 Å². The Balaban J connectivity index is 1.39. The van der Waals surface area contributed by atoms with Gasteiger partial charge in [-0.05, 0) is 57.9 Å². The molecule has 0 aromatic carbocycles. The zero-order valence-corrected chi connectivity index (χ0v) is 18.1. The van der Waals surface area contributed by atoms with Crippen LogP contribution in [0.4, 0.5) is 0 Å². The number of nitrogens with one attached hydrogen (secondary N) is 1. The summed E-state index contributed by atoms with van der Waals surface area (Å²) in [6, 6.07) is 2.30. The van der Waals surface area contributed by atoms with Gasteiger partial charge in [0.15, 0.2) is 0 Å². The SMILES string of the molecule is Cc1cc(C)n(CC(=O)NC[C@@]23CCC[C@H]2N(CC2CCCCC2)C(=O)CC3)n1. The summed E-state index contributed by atoms with van der Waals surface area (Å²) in [4.78, 5) is 27.6. The molecule has 2 heterocycles. The average Bonchev–Trinajstić information content (AvgIpc) is 3.27. The van der Waals surface area contributed by atoms with E-state index in [1.807, 2.05) is 19.9 Å². The summed E-state index contributed by atoms with van der Waals surface area (Å²) < 4.78 is 1.77. The molecule has 160 valence electrons. The van der Waals surface area contributed by atoms with Gasteiger partial charge in [0.05, 0.1) is 5.69 Å². The van der Waals surface area contributed by atoms with Crippen molar-refractivity contribution >= 4 is 11.8 Å². The quantitative estimate of drug-likeness (QED) is 0.796. The zero-order chi connectivity index (χ0) is 20.4. The molecule has 1 aliphatic heterocycles. The van der Waals surface area contributed by atoms with Crippen LogP contribution in [0.2, 0.25) is 0 Å². The molecular weight excluding hydrogens is 364 g/mol. The summed E-state index contributed by atoms with van der Waals surface area (Å²) in [5.41, 5.74) is 2.01. The van der Waals surface area contributed by atoms with Crippen LogP contribution in [-0.2, 0) is 16.1 Å². The Morgan fingerprint density at radius 3 is 2.69 bits per heavy atom. The molecule has 2 atom stereocenters. The first-order chi connectivity index (χ1) is 14.0. The summed E-state index contributed by atoms with van der Waals surface area (Å²) in [6.45, 7) is 5.82. The minimum atomic E-state index is 0.0203. The van der Waals surface area contributed by atoms with Gasteiger partial charge in [-0.1, -0.05) is 25.7 Å². The number of nitrogens with zero attached hydrogens (tertiary/aromatic N) is 3. The van der Waals surface area contributed by atoms with Gasteiger partial charge < -0.3 is 10.2 Å². The molecule has 0 spiro atoms. The second-order valence-electron chi connectivity index (χ2n) is 9.68. The summed E-state index contributed by atoms with van der Waals surface area (Å²) in [5, 5.41) is 7.60. The lowest BCUT2D eigenvalue weighted by atomic mass is 9.74. The third kappa shape index (κ3) is 4.36. The van der Waals surface area contributed by atoms with E-state index in [1.165, 1.54) is 32.1 Å². The monoisotopic (exact) mass is 400 g/mol. The van der Waals surface area contributed by atoms with E-state index in [0.717, 1.165) is 43.6 Å². The van der Waals surface area contributed by atoms with Crippen LogP contribution in [-0.4, -0.2) is 45.6 Å². The van der Waals surface area contributed by atoms with Crippen LogP contribution in [0, 0.1) is 25.2 Å². The van der Waals surface area contributed by atoms with Crippen molar-refractivity contribution in [3.8, 4) is 0 Å². The van der Waals surface area contributed by atoms with Gasteiger partial charge in [0.1, 0.15) is 6.54 Å². The minimum Gasteiger partial charge on any atom is -0.354 e. The van der Waals surface area contributed by atoms with E-state index >= 15 is 0 Å². The number of amides is 2. The molecular formula is C23H36N4O2. The number of hydrogen-bond acceptors (Lipinski definition) is 3. The summed E-state index contributed by atoms with van der Waals surface area (Å²) in [6.07, 6.45) is 11.4. The maximum absolute atomic E-state index is 12.8. The third-order valence-electron chi connectivity index (χ3n) is 7.61. The zero-order valence-electron chi connectivity index (χ0n) is 18.1. The van der Waals surface area contributed by atoms with Crippen molar-refractivity contribution in [2.24, 2.45) is 11.3 Å². The number of rotatable bonds is 6. The highest BCUT2D eigenvalue weighted by atomic mass is 16.2. The number of fused-ring (bicyclic) bond motifs is 1. The molecule has 6 heteroatoms. The minimum absolute atomic E-state index is 0.0203. The predicted octanol–water partition coefficient (Wildman–Crippen LogP) is 3.36. The number of hydrogen-bond donors (Lipinski definition) is 1. The highest BCUT2D eigenvalue weighted by Crippen LogP contribution is 2.48. The molecule has 1 saturated heterocycles. The Hall–Kier alpha value is -1.85. The maximum Gasteiger partial charge on any atom is 0.241 e. The highest BCUT2D eigenvalue weighted by molar-refractivity contribution is 5.78. The van der Waals surface area contributed by atoms with Gasteiger partial charge in [-0.25, -0.2) is 0 Å². The van der Waals surface area contributed by atoms with Crippen LogP contribution in [0.1, 0.15) is 75.6 Å². The van der Waals surface area contributed by atoms with E-state index in [4.69, 9.17) is 0 Å². The molecule has 0 radical (unpaired) electrons. The highest BCUT2D eigenvalue weighted by Gasteiger charge is 2.50. The fraction of sp³-hybridized carbons (Fsp3) is 0.783. The Morgan fingerprint density at radius 2 is 1.97 bits per heavy atom. The van der Waals surface area contributed by atoms with Crippen molar-refractivity contribution < 1.29 is 9.59 Å². The summed E-state index contributed by atoms with van der Waals surface area (Å²) >= 11 is 0. The number of carbonyl (C=O) groups is 2. The lowest BCUT2D eigenvalue weighted by Crippen LogP contribution is -2.57. The van der Waals surface area contributed by atoms with Gasteiger partial charge in [0, 0.05) is 36.7 Å². The molecule has 1 aromatic heterocycles. The summed E-state index contributed by atoms with van der Waals surface area (Å²) in [7, 11) is 0.